The zero-order chi connectivity index (χ0) is 8.69. The van der Waals surface area contributed by atoms with Crippen LogP contribution >= 0.6 is 0 Å². The highest BCUT2D eigenvalue weighted by Crippen LogP contribution is 2.13. The van der Waals surface area contributed by atoms with Gasteiger partial charge in [0.05, 0.1) is 6.61 Å². The highest BCUT2D eigenvalue weighted by atomic mass is 16.5. The molecule has 0 aliphatic carbocycles. The molecule has 0 aromatic carbocycles. The van der Waals surface area contributed by atoms with E-state index in [4.69, 9.17) is 4.74 Å². The first kappa shape index (κ1) is 10.9. The molecule has 0 spiro atoms. The third-order valence-electron chi connectivity index (χ3n) is 1.88. The maximum Gasteiger partial charge on any atom is 0.0515 e. The number of nitrogens with zero attached hydrogens (tertiary/aromatic N) is 1. The first-order chi connectivity index (χ1) is 5.36. The van der Waals surface area contributed by atoms with Crippen LogP contribution in [0.5, 0.6) is 0 Å². The number of hydrogen-bond acceptors (Lipinski definition) is 2. The van der Waals surface area contributed by atoms with Crippen LogP contribution in [-0.2, 0) is 4.74 Å². The van der Waals surface area contributed by atoms with Crippen LogP contribution < -0.4 is 0 Å². The summed E-state index contributed by atoms with van der Waals surface area (Å²) in [5.41, 5.74) is 0. The maximum atomic E-state index is 5.01. The molecule has 2 nitrogen and oxygen atoms in total. The van der Waals surface area contributed by atoms with Gasteiger partial charge in [-0.05, 0) is 6.54 Å². The zero-order valence-corrected chi connectivity index (χ0v) is 8.26. The van der Waals surface area contributed by atoms with Gasteiger partial charge < -0.3 is 9.64 Å². The second-order valence-corrected chi connectivity index (χ2v) is 2.67. The third kappa shape index (κ3) is 3.73. The summed E-state index contributed by atoms with van der Waals surface area (Å²) >= 11 is 0. The van der Waals surface area contributed by atoms with Gasteiger partial charge in [0.25, 0.3) is 0 Å². The fourth-order valence-corrected chi connectivity index (χ4v) is 1.28. The zero-order valence-electron chi connectivity index (χ0n) is 8.26. The van der Waals surface area contributed by atoms with Gasteiger partial charge in [-0.1, -0.05) is 20.8 Å². The Morgan fingerprint density at radius 1 is 1.36 bits per heavy atom. The van der Waals surface area contributed by atoms with Gasteiger partial charge in [-0.15, -0.1) is 0 Å². The minimum absolute atomic E-state index is 0.815. The summed E-state index contributed by atoms with van der Waals surface area (Å²) in [6.45, 7) is 10.8. The molecule has 2 heteroatoms. The summed E-state index contributed by atoms with van der Waals surface area (Å²) in [4.78, 5) is 2.42. The van der Waals surface area contributed by atoms with Crippen LogP contribution in [0.4, 0.5) is 0 Å². The molecule has 0 amide bonds. The van der Waals surface area contributed by atoms with Crippen molar-refractivity contribution < 1.29 is 4.74 Å². The highest BCUT2D eigenvalue weighted by Gasteiger charge is 2.24. The highest BCUT2D eigenvalue weighted by molar-refractivity contribution is 4.77. The van der Waals surface area contributed by atoms with Gasteiger partial charge in [-0.25, -0.2) is 0 Å². The minimum Gasteiger partial charge on any atom is -0.384 e. The standard InChI is InChI=1S/C7H15NO.C2H6/c1-3-8-4-7(5-8)6-9-2;1-2/h7H,3-6H2,1-2H3;1-2H3. The van der Waals surface area contributed by atoms with Crippen LogP contribution in [0, 0.1) is 5.92 Å². The molecule has 11 heavy (non-hydrogen) atoms. The molecule has 1 heterocycles. The summed E-state index contributed by atoms with van der Waals surface area (Å²) < 4.78 is 5.01. The minimum atomic E-state index is 0.815. The summed E-state index contributed by atoms with van der Waals surface area (Å²) in [7, 11) is 1.77. The molecule has 1 aliphatic heterocycles. The van der Waals surface area contributed by atoms with E-state index in [0.29, 0.717) is 0 Å². The molecule has 0 unspecified atom stereocenters. The Labute approximate surface area is 70.5 Å². The average molecular weight is 159 g/mol. The van der Waals surface area contributed by atoms with Crippen LogP contribution in [0.15, 0.2) is 0 Å². The van der Waals surface area contributed by atoms with Crippen molar-refractivity contribution in [2.24, 2.45) is 5.92 Å². The van der Waals surface area contributed by atoms with Crippen molar-refractivity contribution in [3.05, 3.63) is 0 Å². The lowest BCUT2D eigenvalue weighted by molar-refractivity contribution is 0.0380. The first-order valence-electron chi connectivity index (χ1n) is 4.58. The smallest absolute Gasteiger partial charge is 0.0515 e. The van der Waals surface area contributed by atoms with E-state index in [1.165, 1.54) is 19.6 Å². The molecular formula is C9H21NO. The Morgan fingerprint density at radius 3 is 2.27 bits per heavy atom. The van der Waals surface area contributed by atoms with Crippen molar-refractivity contribution >= 4 is 0 Å². The molecule has 1 rings (SSSR count). The monoisotopic (exact) mass is 159 g/mol. The Morgan fingerprint density at radius 2 is 1.91 bits per heavy atom. The fourth-order valence-electron chi connectivity index (χ4n) is 1.28. The van der Waals surface area contributed by atoms with Crippen molar-refractivity contribution in [1.29, 1.82) is 0 Å². The van der Waals surface area contributed by atoms with E-state index in [1.807, 2.05) is 13.8 Å². The molecule has 0 atom stereocenters. The van der Waals surface area contributed by atoms with E-state index in [2.05, 4.69) is 11.8 Å². The van der Waals surface area contributed by atoms with Gasteiger partial charge in [-0.2, -0.15) is 0 Å². The molecule has 0 radical (unpaired) electrons. The summed E-state index contributed by atoms with van der Waals surface area (Å²) in [5, 5.41) is 0. The van der Waals surface area contributed by atoms with Gasteiger partial charge in [0, 0.05) is 26.1 Å². The summed E-state index contributed by atoms with van der Waals surface area (Å²) in [6, 6.07) is 0. The van der Waals surface area contributed by atoms with E-state index in [0.717, 1.165) is 12.5 Å². The van der Waals surface area contributed by atoms with E-state index < -0.39 is 0 Å². The van der Waals surface area contributed by atoms with Gasteiger partial charge in [0.2, 0.25) is 0 Å². The Bertz CT molecular complexity index is 79.6. The van der Waals surface area contributed by atoms with Crippen LogP contribution in [0.1, 0.15) is 20.8 Å². The maximum absolute atomic E-state index is 5.01. The van der Waals surface area contributed by atoms with Crippen LogP contribution in [0.3, 0.4) is 0 Å². The Balaban J connectivity index is 0.000000461. The molecular weight excluding hydrogens is 138 g/mol. The quantitative estimate of drug-likeness (QED) is 0.620. The largest absolute Gasteiger partial charge is 0.384 e. The van der Waals surface area contributed by atoms with Crippen molar-refractivity contribution in [1.82, 2.24) is 4.90 Å². The van der Waals surface area contributed by atoms with Gasteiger partial charge >= 0.3 is 0 Å². The van der Waals surface area contributed by atoms with E-state index in [9.17, 15) is 0 Å². The molecule has 0 saturated carbocycles. The topological polar surface area (TPSA) is 12.5 Å². The normalized spacial score (nSPS) is 18.5. The average Bonchev–Trinajstić information content (AvgIpc) is 2.00. The van der Waals surface area contributed by atoms with Gasteiger partial charge in [0.1, 0.15) is 0 Å². The number of hydrogen-bond donors (Lipinski definition) is 0. The molecule has 1 fully saturated rings. The molecule has 1 saturated heterocycles. The first-order valence-corrected chi connectivity index (χ1v) is 4.58. The molecule has 0 bridgehead atoms. The molecule has 0 N–H and O–H groups in total. The Hall–Kier alpha value is -0.0800. The van der Waals surface area contributed by atoms with Crippen molar-refractivity contribution in [3.63, 3.8) is 0 Å². The van der Waals surface area contributed by atoms with E-state index in [-0.39, 0.29) is 0 Å². The second kappa shape index (κ2) is 6.62. The third-order valence-corrected chi connectivity index (χ3v) is 1.88. The number of likely N-dealkylation sites (tertiary alicyclic amines) is 1. The molecule has 68 valence electrons. The number of rotatable bonds is 3. The van der Waals surface area contributed by atoms with Crippen LogP contribution in [0.2, 0.25) is 0 Å². The van der Waals surface area contributed by atoms with Crippen LogP contribution in [-0.4, -0.2) is 38.3 Å². The predicted molar refractivity (Wildman–Crippen MR) is 48.8 cm³/mol. The second-order valence-electron chi connectivity index (χ2n) is 2.67. The summed E-state index contributed by atoms with van der Waals surface area (Å²) in [6.07, 6.45) is 0. The van der Waals surface area contributed by atoms with Gasteiger partial charge in [-0.3, -0.25) is 0 Å². The number of methoxy groups -OCH3 is 1. The lowest BCUT2D eigenvalue weighted by Crippen LogP contribution is -2.48. The van der Waals surface area contributed by atoms with Crippen molar-refractivity contribution in [2.45, 2.75) is 20.8 Å². The lowest BCUT2D eigenvalue weighted by Gasteiger charge is -2.37. The van der Waals surface area contributed by atoms with E-state index in [1.54, 1.807) is 7.11 Å². The van der Waals surface area contributed by atoms with E-state index >= 15 is 0 Å². The van der Waals surface area contributed by atoms with Crippen LogP contribution in [0.25, 0.3) is 0 Å². The molecule has 1 aliphatic rings. The molecule has 0 aromatic heterocycles. The van der Waals surface area contributed by atoms with Gasteiger partial charge in [0.15, 0.2) is 0 Å². The Kier molecular flexibility index (Phi) is 6.57. The van der Waals surface area contributed by atoms with Crippen molar-refractivity contribution in [3.8, 4) is 0 Å². The number of ether oxygens (including phenoxy) is 1. The predicted octanol–water partition coefficient (Wildman–Crippen LogP) is 1.61. The summed E-state index contributed by atoms with van der Waals surface area (Å²) in [5.74, 6) is 0.815. The van der Waals surface area contributed by atoms with Crippen molar-refractivity contribution in [2.75, 3.05) is 33.4 Å². The molecule has 0 aromatic rings. The SMILES string of the molecule is CC.CCN1CC(COC)C1. The lowest BCUT2D eigenvalue weighted by atomic mass is 10.0. The fraction of sp³-hybridized carbons (Fsp3) is 1.00.